The lowest BCUT2D eigenvalue weighted by atomic mass is 10.2. The summed E-state index contributed by atoms with van der Waals surface area (Å²) in [4.78, 5) is 41.8. The molecule has 9 nitrogen and oxygen atoms in total. The number of amides is 2. The van der Waals surface area contributed by atoms with Crippen LogP contribution < -0.4 is 0 Å². The largest absolute Gasteiger partial charge is 0.334 e. The van der Waals surface area contributed by atoms with Crippen LogP contribution in [0.5, 0.6) is 0 Å². The molecule has 1 fully saturated rings. The molecule has 0 unspecified atom stereocenters. The van der Waals surface area contributed by atoms with Gasteiger partial charge in [0, 0.05) is 44.1 Å². The van der Waals surface area contributed by atoms with E-state index in [4.69, 9.17) is 0 Å². The van der Waals surface area contributed by atoms with E-state index in [0.29, 0.717) is 37.7 Å². The van der Waals surface area contributed by atoms with Crippen LogP contribution in [0.2, 0.25) is 0 Å². The Morgan fingerprint density at radius 2 is 1.39 bits per heavy atom. The predicted octanol–water partition coefficient (Wildman–Crippen LogP) is 2.32. The van der Waals surface area contributed by atoms with Crippen LogP contribution in [0.4, 0.5) is 0 Å². The summed E-state index contributed by atoms with van der Waals surface area (Å²) in [7, 11) is 0. The molecule has 1 aliphatic heterocycles. The van der Waals surface area contributed by atoms with E-state index < -0.39 is 0 Å². The molecular weight excluding hydrogens is 418 g/mol. The van der Waals surface area contributed by atoms with E-state index in [9.17, 15) is 9.59 Å². The van der Waals surface area contributed by atoms with Gasteiger partial charge >= 0.3 is 0 Å². The lowest BCUT2D eigenvalue weighted by molar-refractivity contribution is 0.0525. The Morgan fingerprint density at radius 3 is 2.03 bits per heavy atom. The summed E-state index contributed by atoms with van der Waals surface area (Å²) in [5.74, 6) is 0.287. The molecule has 1 aliphatic rings. The Kier molecular flexibility index (Phi) is 5.59. The van der Waals surface area contributed by atoms with E-state index in [0.717, 1.165) is 11.3 Å². The molecule has 33 heavy (non-hydrogen) atoms. The first-order valence-electron chi connectivity index (χ1n) is 10.6. The van der Waals surface area contributed by atoms with Crippen molar-refractivity contribution in [1.29, 1.82) is 0 Å². The monoisotopic (exact) mass is 439 g/mol. The number of benzene rings is 2. The molecule has 0 spiro atoms. The first-order valence-corrected chi connectivity index (χ1v) is 10.6. The molecule has 4 aromatic rings. The van der Waals surface area contributed by atoms with E-state index in [-0.39, 0.29) is 17.6 Å². The number of hydrogen-bond donors (Lipinski definition) is 0. The van der Waals surface area contributed by atoms with Crippen molar-refractivity contribution in [3.63, 3.8) is 0 Å². The maximum atomic E-state index is 13.2. The molecule has 2 aromatic heterocycles. The normalized spacial score (nSPS) is 13.7. The fourth-order valence-corrected chi connectivity index (χ4v) is 3.75. The van der Waals surface area contributed by atoms with Crippen LogP contribution >= 0.6 is 0 Å². The maximum absolute atomic E-state index is 13.2. The van der Waals surface area contributed by atoms with Gasteiger partial charge < -0.3 is 9.80 Å². The zero-order valence-corrected chi connectivity index (χ0v) is 17.8. The summed E-state index contributed by atoms with van der Waals surface area (Å²) in [6.45, 7) is 1.61. The Morgan fingerprint density at radius 1 is 0.758 bits per heavy atom. The third-order valence-electron chi connectivity index (χ3n) is 5.47. The number of rotatable bonds is 4. The van der Waals surface area contributed by atoms with Crippen molar-refractivity contribution in [3.05, 3.63) is 90.8 Å². The minimum Gasteiger partial charge on any atom is -0.334 e. The SMILES string of the molecule is O=C(c1cnccn1)N1CCN(C(=O)c2nc(-c3ccccc3)n(-c3ccccc3)n2)CC1. The number of nitrogens with zero attached hydrogens (tertiary/aromatic N) is 7. The minimum absolute atomic E-state index is 0.131. The molecule has 3 heterocycles. The molecule has 164 valence electrons. The highest BCUT2D eigenvalue weighted by atomic mass is 16.2. The molecule has 2 aromatic carbocycles. The lowest BCUT2D eigenvalue weighted by Gasteiger charge is -2.33. The molecule has 0 N–H and O–H groups in total. The highest BCUT2D eigenvalue weighted by Crippen LogP contribution is 2.21. The smallest absolute Gasteiger partial charge is 0.293 e. The second kappa shape index (κ2) is 8.99. The van der Waals surface area contributed by atoms with E-state index in [1.54, 1.807) is 14.5 Å². The Hall–Kier alpha value is -4.40. The average molecular weight is 439 g/mol. The van der Waals surface area contributed by atoms with Gasteiger partial charge in [0.1, 0.15) is 5.69 Å². The molecule has 0 aliphatic carbocycles. The number of aromatic nitrogens is 5. The zero-order chi connectivity index (χ0) is 22.6. The van der Waals surface area contributed by atoms with Gasteiger partial charge in [0.25, 0.3) is 11.8 Å². The standard InChI is InChI=1S/C24H21N7O2/c32-23(20-17-25-11-12-26-20)29-13-15-30(16-14-29)24(33)21-27-22(18-7-3-1-4-8-18)31(28-21)19-9-5-2-6-10-19/h1-12,17H,13-16H2. The Bertz CT molecular complexity index is 1190. The van der Waals surface area contributed by atoms with E-state index in [1.165, 1.54) is 18.6 Å². The Labute approximate surface area is 190 Å². The van der Waals surface area contributed by atoms with Crippen LogP contribution in [-0.4, -0.2) is 72.5 Å². The van der Waals surface area contributed by atoms with E-state index in [2.05, 4.69) is 20.1 Å². The van der Waals surface area contributed by atoms with E-state index in [1.807, 2.05) is 60.7 Å². The van der Waals surface area contributed by atoms with Gasteiger partial charge in [-0.05, 0) is 12.1 Å². The van der Waals surface area contributed by atoms with Gasteiger partial charge in [-0.25, -0.2) is 14.6 Å². The predicted molar refractivity (Wildman–Crippen MR) is 121 cm³/mol. The second-order valence-corrected chi connectivity index (χ2v) is 7.55. The molecule has 9 heteroatoms. The number of piperazine rings is 1. The highest BCUT2D eigenvalue weighted by molar-refractivity contribution is 5.93. The number of carbonyl (C=O) groups excluding carboxylic acids is 2. The van der Waals surface area contributed by atoms with Gasteiger partial charge in [0.15, 0.2) is 5.82 Å². The summed E-state index contributed by atoms with van der Waals surface area (Å²) in [5.41, 5.74) is 1.99. The van der Waals surface area contributed by atoms with Crippen molar-refractivity contribution >= 4 is 11.8 Å². The van der Waals surface area contributed by atoms with Gasteiger partial charge in [-0.15, -0.1) is 5.10 Å². The summed E-state index contributed by atoms with van der Waals surface area (Å²) in [6.07, 6.45) is 4.47. The lowest BCUT2D eigenvalue weighted by Crippen LogP contribution is -2.51. The first kappa shape index (κ1) is 20.5. The van der Waals surface area contributed by atoms with Crippen LogP contribution in [0, 0.1) is 0 Å². The zero-order valence-electron chi connectivity index (χ0n) is 17.8. The van der Waals surface area contributed by atoms with Crippen molar-refractivity contribution in [2.75, 3.05) is 26.2 Å². The topological polar surface area (TPSA) is 97.1 Å². The van der Waals surface area contributed by atoms with Gasteiger partial charge in [-0.3, -0.25) is 14.6 Å². The van der Waals surface area contributed by atoms with Crippen LogP contribution in [-0.2, 0) is 0 Å². The quantitative estimate of drug-likeness (QED) is 0.484. The molecule has 0 radical (unpaired) electrons. The fourth-order valence-electron chi connectivity index (χ4n) is 3.75. The van der Waals surface area contributed by atoms with Crippen molar-refractivity contribution in [3.8, 4) is 17.1 Å². The molecule has 2 amide bonds. The molecular formula is C24H21N7O2. The van der Waals surface area contributed by atoms with E-state index >= 15 is 0 Å². The molecule has 0 atom stereocenters. The third kappa shape index (κ3) is 4.20. The molecule has 5 rings (SSSR count). The van der Waals surface area contributed by atoms with Crippen molar-refractivity contribution in [2.45, 2.75) is 0 Å². The molecule has 0 bridgehead atoms. The molecule has 0 saturated carbocycles. The number of para-hydroxylation sites is 1. The molecule has 1 saturated heterocycles. The summed E-state index contributed by atoms with van der Waals surface area (Å²) >= 11 is 0. The van der Waals surface area contributed by atoms with Crippen LogP contribution in [0.3, 0.4) is 0 Å². The Balaban J connectivity index is 1.36. The number of carbonyl (C=O) groups is 2. The van der Waals surface area contributed by atoms with Crippen LogP contribution in [0.15, 0.2) is 79.3 Å². The highest BCUT2D eigenvalue weighted by Gasteiger charge is 2.29. The maximum Gasteiger partial charge on any atom is 0.293 e. The summed E-state index contributed by atoms with van der Waals surface area (Å²) < 4.78 is 1.69. The number of hydrogen-bond acceptors (Lipinski definition) is 6. The van der Waals surface area contributed by atoms with Gasteiger partial charge in [0.05, 0.1) is 11.9 Å². The third-order valence-corrected chi connectivity index (χ3v) is 5.47. The second-order valence-electron chi connectivity index (χ2n) is 7.55. The minimum atomic E-state index is -0.256. The van der Waals surface area contributed by atoms with Crippen molar-refractivity contribution in [1.82, 2.24) is 34.5 Å². The van der Waals surface area contributed by atoms with Crippen LogP contribution in [0.25, 0.3) is 17.1 Å². The fraction of sp³-hybridized carbons (Fsp3) is 0.167. The average Bonchev–Trinajstić information content (AvgIpc) is 3.35. The first-order chi connectivity index (χ1) is 16.2. The van der Waals surface area contributed by atoms with Crippen molar-refractivity contribution < 1.29 is 9.59 Å². The van der Waals surface area contributed by atoms with Gasteiger partial charge in [0.2, 0.25) is 5.82 Å². The summed E-state index contributed by atoms with van der Waals surface area (Å²) in [6, 6.07) is 19.3. The van der Waals surface area contributed by atoms with Gasteiger partial charge in [-0.1, -0.05) is 48.5 Å². The van der Waals surface area contributed by atoms with Crippen molar-refractivity contribution in [2.24, 2.45) is 0 Å². The van der Waals surface area contributed by atoms with Crippen LogP contribution in [0.1, 0.15) is 21.1 Å². The summed E-state index contributed by atoms with van der Waals surface area (Å²) in [5, 5.41) is 4.55. The van der Waals surface area contributed by atoms with Gasteiger partial charge in [-0.2, -0.15) is 0 Å².